The number of ether oxygens (including phenoxy) is 2. The van der Waals surface area contributed by atoms with E-state index < -0.39 is 0 Å². The minimum absolute atomic E-state index is 0.102. The van der Waals surface area contributed by atoms with Crippen molar-refractivity contribution < 1.29 is 9.47 Å². The van der Waals surface area contributed by atoms with Gasteiger partial charge in [0.15, 0.2) is 0 Å². The second-order valence-electron chi connectivity index (χ2n) is 6.73. The third kappa shape index (κ3) is 3.30. The van der Waals surface area contributed by atoms with Gasteiger partial charge in [0.1, 0.15) is 5.75 Å². The highest BCUT2D eigenvalue weighted by molar-refractivity contribution is 5.42. The van der Waals surface area contributed by atoms with E-state index in [-0.39, 0.29) is 5.41 Å². The van der Waals surface area contributed by atoms with Gasteiger partial charge in [-0.25, -0.2) is 0 Å². The normalized spacial score (nSPS) is 24.1. The van der Waals surface area contributed by atoms with E-state index in [0.717, 1.165) is 12.2 Å². The summed E-state index contributed by atoms with van der Waals surface area (Å²) >= 11 is 0. The summed E-state index contributed by atoms with van der Waals surface area (Å²) in [6, 6.07) is 6.59. The average Bonchev–Trinajstić information content (AvgIpc) is 3.02. The zero-order valence-electron chi connectivity index (χ0n) is 13.0. The lowest BCUT2D eigenvalue weighted by atomic mass is 9.83. The fourth-order valence-corrected chi connectivity index (χ4v) is 2.58. The number of methoxy groups -OCH3 is 1. The molecule has 0 aliphatic carbocycles. The van der Waals surface area contributed by atoms with Crippen LogP contribution in [-0.2, 0) is 10.2 Å². The first-order chi connectivity index (χ1) is 8.82. The second-order valence-corrected chi connectivity index (χ2v) is 6.73. The Bertz CT molecular complexity index is 445. The van der Waals surface area contributed by atoms with Crippen LogP contribution in [0.3, 0.4) is 0 Å². The summed E-state index contributed by atoms with van der Waals surface area (Å²) in [6.45, 7) is 11.1. The molecular formula is C17H26O2. The summed E-state index contributed by atoms with van der Waals surface area (Å²) in [7, 11) is 1.74. The Balaban J connectivity index is 2.22. The average molecular weight is 262 g/mol. The van der Waals surface area contributed by atoms with Gasteiger partial charge >= 0.3 is 0 Å². The molecular weight excluding hydrogens is 236 g/mol. The number of rotatable bonds is 4. The maximum atomic E-state index is 5.53. The Labute approximate surface area is 117 Å². The minimum Gasteiger partial charge on any atom is -0.496 e. The highest BCUT2D eigenvalue weighted by Crippen LogP contribution is 2.37. The van der Waals surface area contributed by atoms with Gasteiger partial charge in [-0.2, -0.15) is 0 Å². The zero-order valence-corrected chi connectivity index (χ0v) is 13.0. The second kappa shape index (κ2) is 5.16. The Morgan fingerprint density at radius 3 is 2.42 bits per heavy atom. The molecule has 2 nitrogen and oxygen atoms in total. The standard InChI is InChI=1S/C17H26O2/c1-11(9-16-12(2)19-16)13-7-8-15(18-6)14(10-13)17(3,4)5/h7-8,10-12,16H,9H2,1-6H3. The van der Waals surface area contributed by atoms with Crippen molar-refractivity contribution in [1.29, 1.82) is 0 Å². The predicted octanol–water partition coefficient (Wildman–Crippen LogP) is 4.27. The van der Waals surface area contributed by atoms with Crippen LogP contribution in [0.4, 0.5) is 0 Å². The highest BCUT2D eigenvalue weighted by atomic mass is 16.6. The van der Waals surface area contributed by atoms with Gasteiger partial charge in [0.05, 0.1) is 19.3 Å². The lowest BCUT2D eigenvalue weighted by Gasteiger charge is -2.24. The summed E-state index contributed by atoms with van der Waals surface area (Å²) in [5.41, 5.74) is 2.77. The zero-order chi connectivity index (χ0) is 14.2. The van der Waals surface area contributed by atoms with E-state index in [0.29, 0.717) is 18.1 Å². The van der Waals surface area contributed by atoms with Crippen LogP contribution >= 0.6 is 0 Å². The van der Waals surface area contributed by atoms with Gasteiger partial charge in [-0.1, -0.05) is 39.8 Å². The molecule has 1 aliphatic heterocycles. The maximum absolute atomic E-state index is 5.53. The van der Waals surface area contributed by atoms with Crippen molar-refractivity contribution >= 4 is 0 Å². The Kier molecular flexibility index (Phi) is 3.91. The van der Waals surface area contributed by atoms with Crippen molar-refractivity contribution in [3.05, 3.63) is 29.3 Å². The Hall–Kier alpha value is -1.02. The van der Waals surface area contributed by atoms with Gasteiger partial charge < -0.3 is 9.47 Å². The maximum Gasteiger partial charge on any atom is 0.122 e. The molecule has 1 aromatic rings. The number of hydrogen-bond acceptors (Lipinski definition) is 2. The number of benzene rings is 1. The topological polar surface area (TPSA) is 21.8 Å². The number of epoxide rings is 1. The van der Waals surface area contributed by atoms with Crippen molar-refractivity contribution in [2.45, 2.75) is 64.6 Å². The largest absolute Gasteiger partial charge is 0.496 e. The summed E-state index contributed by atoms with van der Waals surface area (Å²) in [4.78, 5) is 0. The summed E-state index contributed by atoms with van der Waals surface area (Å²) in [5.74, 6) is 1.52. The molecule has 0 saturated carbocycles. The van der Waals surface area contributed by atoms with Crippen LogP contribution in [0.2, 0.25) is 0 Å². The molecule has 0 bridgehead atoms. The van der Waals surface area contributed by atoms with Crippen LogP contribution in [-0.4, -0.2) is 19.3 Å². The Morgan fingerprint density at radius 1 is 1.32 bits per heavy atom. The third-order valence-corrected chi connectivity index (χ3v) is 4.02. The monoisotopic (exact) mass is 262 g/mol. The quantitative estimate of drug-likeness (QED) is 0.756. The van der Waals surface area contributed by atoms with E-state index in [1.165, 1.54) is 11.1 Å². The molecule has 1 fully saturated rings. The van der Waals surface area contributed by atoms with Crippen molar-refractivity contribution in [3.63, 3.8) is 0 Å². The summed E-state index contributed by atoms with van der Waals surface area (Å²) in [6.07, 6.45) is 2.01. The molecule has 1 heterocycles. The summed E-state index contributed by atoms with van der Waals surface area (Å²) in [5, 5.41) is 0. The molecule has 0 radical (unpaired) electrons. The molecule has 106 valence electrons. The molecule has 3 atom stereocenters. The van der Waals surface area contributed by atoms with Crippen LogP contribution in [0.15, 0.2) is 18.2 Å². The molecule has 1 aliphatic rings. The van der Waals surface area contributed by atoms with Crippen LogP contribution < -0.4 is 4.74 Å². The van der Waals surface area contributed by atoms with Gasteiger partial charge in [0.2, 0.25) is 0 Å². The van der Waals surface area contributed by atoms with Crippen molar-refractivity contribution in [3.8, 4) is 5.75 Å². The van der Waals surface area contributed by atoms with Gasteiger partial charge in [0, 0.05) is 0 Å². The minimum atomic E-state index is 0.102. The molecule has 0 N–H and O–H groups in total. The molecule has 0 amide bonds. The lowest BCUT2D eigenvalue weighted by molar-refractivity contribution is 0.362. The first-order valence-corrected chi connectivity index (χ1v) is 7.17. The van der Waals surface area contributed by atoms with Gasteiger partial charge in [-0.05, 0) is 41.9 Å². The molecule has 1 aromatic carbocycles. The van der Waals surface area contributed by atoms with Crippen molar-refractivity contribution in [2.24, 2.45) is 0 Å². The first-order valence-electron chi connectivity index (χ1n) is 7.17. The smallest absolute Gasteiger partial charge is 0.122 e. The van der Waals surface area contributed by atoms with Gasteiger partial charge in [-0.15, -0.1) is 0 Å². The van der Waals surface area contributed by atoms with Gasteiger partial charge in [0.25, 0.3) is 0 Å². The SMILES string of the molecule is COc1ccc(C(C)CC2OC2C)cc1C(C)(C)C. The molecule has 2 heteroatoms. The van der Waals surface area contributed by atoms with Crippen molar-refractivity contribution in [2.75, 3.05) is 7.11 Å². The van der Waals surface area contributed by atoms with Crippen LogP contribution in [0, 0.1) is 0 Å². The fourth-order valence-electron chi connectivity index (χ4n) is 2.58. The molecule has 2 rings (SSSR count). The predicted molar refractivity (Wildman–Crippen MR) is 79.1 cm³/mol. The van der Waals surface area contributed by atoms with Gasteiger partial charge in [-0.3, -0.25) is 0 Å². The summed E-state index contributed by atoms with van der Waals surface area (Å²) < 4.78 is 11.0. The van der Waals surface area contributed by atoms with E-state index in [2.05, 4.69) is 52.8 Å². The molecule has 19 heavy (non-hydrogen) atoms. The van der Waals surface area contributed by atoms with E-state index >= 15 is 0 Å². The van der Waals surface area contributed by atoms with Crippen LogP contribution in [0.5, 0.6) is 5.75 Å². The van der Waals surface area contributed by atoms with E-state index in [4.69, 9.17) is 9.47 Å². The number of hydrogen-bond donors (Lipinski definition) is 0. The first kappa shape index (κ1) is 14.4. The van der Waals surface area contributed by atoms with Crippen LogP contribution in [0.25, 0.3) is 0 Å². The fraction of sp³-hybridized carbons (Fsp3) is 0.647. The van der Waals surface area contributed by atoms with Crippen LogP contribution in [0.1, 0.15) is 58.1 Å². The highest BCUT2D eigenvalue weighted by Gasteiger charge is 2.35. The third-order valence-electron chi connectivity index (χ3n) is 4.02. The molecule has 0 aromatic heterocycles. The van der Waals surface area contributed by atoms with Crippen molar-refractivity contribution in [1.82, 2.24) is 0 Å². The molecule has 3 unspecified atom stereocenters. The Morgan fingerprint density at radius 2 is 1.95 bits per heavy atom. The van der Waals surface area contributed by atoms with E-state index in [1.54, 1.807) is 7.11 Å². The molecule has 1 saturated heterocycles. The van der Waals surface area contributed by atoms with E-state index in [1.807, 2.05) is 0 Å². The van der Waals surface area contributed by atoms with E-state index in [9.17, 15) is 0 Å². The lowest BCUT2D eigenvalue weighted by Crippen LogP contribution is -2.14. The molecule has 0 spiro atoms.